The lowest BCUT2D eigenvalue weighted by atomic mass is 10.0. The number of rotatable bonds is 4. The van der Waals surface area contributed by atoms with Crippen molar-refractivity contribution in [2.24, 2.45) is 5.73 Å². The predicted molar refractivity (Wildman–Crippen MR) is 75.5 cm³/mol. The molecule has 0 aliphatic rings. The van der Waals surface area contributed by atoms with Gasteiger partial charge < -0.3 is 10.5 Å². The van der Waals surface area contributed by atoms with Crippen molar-refractivity contribution < 1.29 is 17.9 Å². The topological polar surface area (TPSA) is 35.2 Å². The second-order valence-corrected chi connectivity index (χ2v) is 4.72. The van der Waals surface area contributed by atoms with Crippen molar-refractivity contribution in [1.82, 2.24) is 0 Å². The standard InChI is InChI=1S/C16H16F3NO/c1-11-4-2-3-5-15(11)21-13-7-6-12(8-9-20)14(10-13)16(17,18)19/h2-7,10H,8-9,20H2,1H3. The van der Waals surface area contributed by atoms with Crippen LogP contribution in [-0.4, -0.2) is 6.54 Å². The Hall–Kier alpha value is -2.01. The molecule has 0 saturated heterocycles. The Kier molecular flexibility index (Phi) is 4.53. The van der Waals surface area contributed by atoms with Gasteiger partial charge in [-0.05, 0) is 49.2 Å². The zero-order valence-electron chi connectivity index (χ0n) is 11.6. The van der Waals surface area contributed by atoms with Gasteiger partial charge in [-0.15, -0.1) is 0 Å². The van der Waals surface area contributed by atoms with E-state index in [0.717, 1.165) is 11.6 Å². The maximum atomic E-state index is 13.1. The molecular formula is C16H16F3NO. The van der Waals surface area contributed by atoms with E-state index >= 15 is 0 Å². The highest BCUT2D eigenvalue weighted by atomic mass is 19.4. The Morgan fingerprint density at radius 1 is 1.10 bits per heavy atom. The zero-order chi connectivity index (χ0) is 15.5. The van der Waals surface area contributed by atoms with Gasteiger partial charge in [0.2, 0.25) is 0 Å². The molecule has 0 spiro atoms. The Morgan fingerprint density at radius 3 is 2.43 bits per heavy atom. The highest BCUT2D eigenvalue weighted by Gasteiger charge is 2.33. The maximum Gasteiger partial charge on any atom is 0.416 e. The summed E-state index contributed by atoms with van der Waals surface area (Å²) in [5.41, 5.74) is 5.70. The summed E-state index contributed by atoms with van der Waals surface area (Å²) in [7, 11) is 0. The number of hydrogen-bond donors (Lipinski definition) is 1. The summed E-state index contributed by atoms with van der Waals surface area (Å²) in [4.78, 5) is 0. The Balaban J connectivity index is 2.36. The van der Waals surface area contributed by atoms with Crippen LogP contribution in [0, 0.1) is 6.92 Å². The number of halogens is 3. The van der Waals surface area contributed by atoms with Gasteiger partial charge in [-0.2, -0.15) is 13.2 Å². The van der Waals surface area contributed by atoms with Crippen LogP contribution in [0.1, 0.15) is 16.7 Å². The van der Waals surface area contributed by atoms with E-state index in [0.29, 0.717) is 5.75 Å². The molecule has 0 aliphatic heterocycles. The largest absolute Gasteiger partial charge is 0.457 e. The van der Waals surface area contributed by atoms with Gasteiger partial charge in [0, 0.05) is 0 Å². The molecule has 0 bridgehead atoms. The van der Waals surface area contributed by atoms with Crippen LogP contribution >= 0.6 is 0 Å². The Bertz CT molecular complexity index is 623. The second-order valence-electron chi connectivity index (χ2n) is 4.72. The molecule has 2 rings (SSSR count). The minimum absolute atomic E-state index is 0.164. The van der Waals surface area contributed by atoms with Gasteiger partial charge in [0.05, 0.1) is 5.56 Å². The summed E-state index contributed by atoms with van der Waals surface area (Å²) in [6.45, 7) is 2.00. The molecule has 0 saturated carbocycles. The van der Waals surface area contributed by atoms with E-state index in [4.69, 9.17) is 10.5 Å². The molecule has 0 unspecified atom stereocenters. The van der Waals surface area contributed by atoms with Gasteiger partial charge in [0.25, 0.3) is 0 Å². The van der Waals surface area contributed by atoms with Crippen LogP contribution in [-0.2, 0) is 12.6 Å². The van der Waals surface area contributed by atoms with Crippen LogP contribution in [0.5, 0.6) is 11.5 Å². The van der Waals surface area contributed by atoms with Crippen molar-refractivity contribution in [2.75, 3.05) is 6.54 Å². The first-order valence-electron chi connectivity index (χ1n) is 6.55. The van der Waals surface area contributed by atoms with E-state index in [9.17, 15) is 13.2 Å². The minimum Gasteiger partial charge on any atom is -0.457 e. The smallest absolute Gasteiger partial charge is 0.416 e. The fraction of sp³-hybridized carbons (Fsp3) is 0.250. The number of ether oxygens (including phenoxy) is 1. The van der Waals surface area contributed by atoms with Gasteiger partial charge in [0.1, 0.15) is 11.5 Å². The van der Waals surface area contributed by atoms with Gasteiger partial charge >= 0.3 is 6.18 Å². The van der Waals surface area contributed by atoms with Gasteiger partial charge in [-0.3, -0.25) is 0 Å². The van der Waals surface area contributed by atoms with Crippen LogP contribution in [0.3, 0.4) is 0 Å². The fourth-order valence-corrected chi connectivity index (χ4v) is 2.05. The van der Waals surface area contributed by atoms with Crippen molar-refractivity contribution in [2.45, 2.75) is 19.5 Å². The normalized spacial score (nSPS) is 11.5. The van der Waals surface area contributed by atoms with E-state index in [-0.39, 0.29) is 24.3 Å². The van der Waals surface area contributed by atoms with Crippen molar-refractivity contribution in [3.8, 4) is 11.5 Å². The molecule has 0 amide bonds. The molecular weight excluding hydrogens is 279 g/mol. The molecule has 0 aliphatic carbocycles. The molecule has 0 atom stereocenters. The molecule has 2 nitrogen and oxygen atoms in total. The summed E-state index contributed by atoms with van der Waals surface area (Å²) >= 11 is 0. The maximum absolute atomic E-state index is 13.1. The van der Waals surface area contributed by atoms with Crippen LogP contribution in [0.15, 0.2) is 42.5 Å². The van der Waals surface area contributed by atoms with E-state index < -0.39 is 11.7 Å². The first-order valence-corrected chi connectivity index (χ1v) is 6.55. The van der Waals surface area contributed by atoms with Crippen LogP contribution in [0.25, 0.3) is 0 Å². The van der Waals surface area contributed by atoms with Crippen LogP contribution < -0.4 is 10.5 Å². The third-order valence-corrected chi connectivity index (χ3v) is 3.12. The summed E-state index contributed by atoms with van der Waals surface area (Å²) in [5.74, 6) is 0.703. The highest BCUT2D eigenvalue weighted by Crippen LogP contribution is 2.36. The van der Waals surface area contributed by atoms with Crippen LogP contribution in [0.2, 0.25) is 0 Å². The average molecular weight is 295 g/mol. The second kappa shape index (κ2) is 6.18. The number of alkyl halides is 3. The molecule has 0 heterocycles. The first-order chi connectivity index (χ1) is 9.91. The number of benzene rings is 2. The highest BCUT2D eigenvalue weighted by molar-refractivity contribution is 5.42. The third-order valence-electron chi connectivity index (χ3n) is 3.12. The molecule has 2 N–H and O–H groups in total. The van der Waals surface area contributed by atoms with Gasteiger partial charge in [-0.25, -0.2) is 0 Å². The molecule has 112 valence electrons. The van der Waals surface area contributed by atoms with Gasteiger partial charge in [0.15, 0.2) is 0 Å². The lowest BCUT2D eigenvalue weighted by Gasteiger charge is -2.15. The first kappa shape index (κ1) is 15.4. The predicted octanol–water partition coefficient (Wildman–Crippen LogP) is 4.31. The summed E-state index contributed by atoms with van der Waals surface area (Å²) in [6, 6.07) is 11.1. The van der Waals surface area contributed by atoms with E-state index in [1.54, 1.807) is 12.1 Å². The molecule has 21 heavy (non-hydrogen) atoms. The molecule has 2 aromatic rings. The lowest BCUT2D eigenvalue weighted by Crippen LogP contribution is -2.12. The molecule has 0 aromatic heterocycles. The number of hydrogen-bond acceptors (Lipinski definition) is 2. The van der Waals surface area contributed by atoms with Crippen molar-refractivity contribution in [1.29, 1.82) is 0 Å². The number of aryl methyl sites for hydroxylation is 1. The van der Waals surface area contributed by atoms with Crippen molar-refractivity contribution in [3.63, 3.8) is 0 Å². The Labute approximate surface area is 121 Å². The lowest BCUT2D eigenvalue weighted by molar-refractivity contribution is -0.138. The third kappa shape index (κ3) is 3.76. The SMILES string of the molecule is Cc1ccccc1Oc1ccc(CCN)c(C(F)(F)F)c1. The quantitative estimate of drug-likeness (QED) is 0.912. The zero-order valence-corrected chi connectivity index (χ0v) is 11.6. The molecule has 0 fully saturated rings. The summed E-state index contributed by atoms with van der Waals surface area (Å²) in [6.07, 6.45) is -4.24. The monoisotopic (exact) mass is 295 g/mol. The fourth-order valence-electron chi connectivity index (χ4n) is 2.05. The van der Waals surface area contributed by atoms with E-state index in [1.807, 2.05) is 19.1 Å². The summed E-state index contributed by atoms with van der Waals surface area (Å²) < 4.78 is 44.8. The van der Waals surface area contributed by atoms with Crippen LogP contribution in [0.4, 0.5) is 13.2 Å². The molecule has 5 heteroatoms. The van der Waals surface area contributed by atoms with E-state index in [2.05, 4.69) is 0 Å². The average Bonchev–Trinajstić information content (AvgIpc) is 2.42. The van der Waals surface area contributed by atoms with Gasteiger partial charge in [-0.1, -0.05) is 24.3 Å². The molecule has 2 aromatic carbocycles. The molecule has 0 radical (unpaired) electrons. The summed E-state index contributed by atoms with van der Waals surface area (Å²) in [5, 5.41) is 0. The minimum atomic E-state index is -4.42. The Morgan fingerprint density at radius 2 is 1.81 bits per heavy atom. The number of para-hydroxylation sites is 1. The van der Waals surface area contributed by atoms with Crippen molar-refractivity contribution in [3.05, 3.63) is 59.2 Å². The van der Waals surface area contributed by atoms with Crippen molar-refractivity contribution >= 4 is 0 Å². The number of nitrogens with two attached hydrogens (primary N) is 1. The van der Waals surface area contributed by atoms with E-state index in [1.165, 1.54) is 12.1 Å².